The minimum Gasteiger partial charge on any atom is -0.493 e. The third kappa shape index (κ3) is 7.41. The Morgan fingerprint density at radius 3 is 2.44 bits per heavy atom. The van der Waals surface area contributed by atoms with E-state index in [0.717, 1.165) is 44.5 Å². The maximum atomic E-state index is 5.76. The standard InChI is InChI=1S/C22H37N3O2/c1-6-26-14-13-22(11-12-22)16-24-21(23-5)25-18(4)19-7-9-20(10-8-19)27-15-17(2)3/h7-10,17-18H,6,11-16H2,1-5H3,(H2,23,24,25). The summed E-state index contributed by atoms with van der Waals surface area (Å²) in [5.41, 5.74) is 1.61. The summed E-state index contributed by atoms with van der Waals surface area (Å²) in [7, 11) is 1.82. The molecule has 5 heteroatoms. The summed E-state index contributed by atoms with van der Waals surface area (Å²) in [5, 5.41) is 6.99. The van der Waals surface area contributed by atoms with Gasteiger partial charge < -0.3 is 20.1 Å². The Labute approximate surface area is 164 Å². The lowest BCUT2D eigenvalue weighted by molar-refractivity contribution is 0.128. The number of hydrogen-bond acceptors (Lipinski definition) is 3. The van der Waals surface area contributed by atoms with Crippen molar-refractivity contribution in [1.29, 1.82) is 0 Å². The van der Waals surface area contributed by atoms with Crippen molar-refractivity contribution in [3.05, 3.63) is 29.8 Å². The molecule has 0 bridgehead atoms. The van der Waals surface area contributed by atoms with E-state index in [2.05, 4.69) is 48.5 Å². The van der Waals surface area contributed by atoms with Crippen LogP contribution in [0.3, 0.4) is 0 Å². The molecular formula is C22H37N3O2. The van der Waals surface area contributed by atoms with E-state index in [1.807, 2.05) is 26.1 Å². The molecule has 0 radical (unpaired) electrons. The highest BCUT2D eigenvalue weighted by atomic mass is 16.5. The van der Waals surface area contributed by atoms with E-state index < -0.39 is 0 Å². The molecule has 152 valence electrons. The minimum absolute atomic E-state index is 0.175. The van der Waals surface area contributed by atoms with E-state index in [9.17, 15) is 0 Å². The zero-order valence-electron chi connectivity index (χ0n) is 17.7. The molecule has 1 aromatic rings. The molecule has 0 spiro atoms. The zero-order chi connectivity index (χ0) is 19.7. The van der Waals surface area contributed by atoms with Crippen molar-refractivity contribution in [2.75, 3.05) is 33.4 Å². The van der Waals surface area contributed by atoms with Crippen molar-refractivity contribution in [1.82, 2.24) is 10.6 Å². The average Bonchev–Trinajstić information content (AvgIpc) is 3.44. The Bertz CT molecular complexity index is 580. The number of hydrogen-bond donors (Lipinski definition) is 2. The first-order valence-electron chi connectivity index (χ1n) is 10.3. The zero-order valence-corrected chi connectivity index (χ0v) is 17.7. The fourth-order valence-electron chi connectivity index (χ4n) is 2.99. The van der Waals surface area contributed by atoms with Crippen LogP contribution in [0.4, 0.5) is 0 Å². The first-order valence-corrected chi connectivity index (χ1v) is 10.3. The smallest absolute Gasteiger partial charge is 0.191 e. The van der Waals surface area contributed by atoms with Gasteiger partial charge >= 0.3 is 0 Å². The molecule has 2 rings (SSSR count). The van der Waals surface area contributed by atoms with Crippen LogP contribution < -0.4 is 15.4 Å². The molecular weight excluding hydrogens is 338 g/mol. The highest BCUT2D eigenvalue weighted by Gasteiger charge is 2.42. The van der Waals surface area contributed by atoms with Crippen LogP contribution in [0.1, 0.15) is 58.6 Å². The fraction of sp³-hybridized carbons (Fsp3) is 0.682. The highest BCUT2D eigenvalue weighted by molar-refractivity contribution is 5.80. The Morgan fingerprint density at radius 1 is 1.19 bits per heavy atom. The summed E-state index contributed by atoms with van der Waals surface area (Å²) in [6, 6.07) is 8.49. The molecule has 1 unspecified atom stereocenters. The van der Waals surface area contributed by atoms with Crippen molar-refractivity contribution in [3.63, 3.8) is 0 Å². The van der Waals surface area contributed by atoms with Gasteiger partial charge in [-0.3, -0.25) is 4.99 Å². The normalized spacial score (nSPS) is 16.9. The summed E-state index contributed by atoms with van der Waals surface area (Å²) >= 11 is 0. The molecule has 0 saturated heterocycles. The minimum atomic E-state index is 0.175. The lowest BCUT2D eigenvalue weighted by atomic mass is 10.0. The van der Waals surface area contributed by atoms with Crippen LogP contribution in [0.25, 0.3) is 0 Å². The number of rotatable bonds is 11. The van der Waals surface area contributed by atoms with Gasteiger partial charge in [0.1, 0.15) is 5.75 Å². The molecule has 0 aliphatic heterocycles. The van der Waals surface area contributed by atoms with E-state index in [4.69, 9.17) is 9.47 Å². The van der Waals surface area contributed by atoms with Crippen LogP contribution in [-0.4, -0.2) is 39.4 Å². The van der Waals surface area contributed by atoms with E-state index in [0.29, 0.717) is 11.3 Å². The number of nitrogens with zero attached hydrogens (tertiary/aromatic N) is 1. The lowest BCUT2D eigenvalue weighted by Gasteiger charge is -2.21. The Hall–Kier alpha value is -1.75. The monoisotopic (exact) mass is 375 g/mol. The van der Waals surface area contributed by atoms with Gasteiger partial charge in [-0.2, -0.15) is 0 Å². The summed E-state index contributed by atoms with van der Waals surface area (Å²) in [4.78, 5) is 4.39. The lowest BCUT2D eigenvalue weighted by Crippen LogP contribution is -2.41. The molecule has 1 saturated carbocycles. The summed E-state index contributed by atoms with van der Waals surface area (Å²) in [6.45, 7) is 11.9. The number of aliphatic imine (C=N–C) groups is 1. The quantitative estimate of drug-likeness (QED) is 0.346. The van der Waals surface area contributed by atoms with Gasteiger partial charge in [0.05, 0.1) is 12.6 Å². The van der Waals surface area contributed by atoms with Gasteiger partial charge in [0, 0.05) is 26.8 Å². The Morgan fingerprint density at radius 2 is 1.89 bits per heavy atom. The number of nitrogens with one attached hydrogen (secondary N) is 2. The molecule has 1 aromatic carbocycles. The van der Waals surface area contributed by atoms with Gasteiger partial charge in [-0.1, -0.05) is 26.0 Å². The van der Waals surface area contributed by atoms with Gasteiger partial charge in [0.25, 0.3) is 0 Å². The molecule has 1 aliphatic carbocycles. The largest absolute Gasteiger partial charge is 0.493 e. The summed E-state index contributed by atoms with van der Waals surface area (Å²) < 4.78 is 11.3. The molecule has 0 aromatic heterocycles. The molecule has 0 heterocycles. The predicted octanol–water partition coefficient (Wildman–Crippen LogP) is 4.15. The molecule has 0 amide bonds. The van der Waals surface area contributed by atoms with Crippen molar-refractivity contribution in [2.24, 2.45) is 16.3 Å². The third-order valence-corrected chi connectivity index (χ3v) is 5.11. The predicted molar refractivity (Wildman–Crippen MR) is 112 cm³/mol. The van der Waals surface area contributed by atoms with Crippen molar-refractivity contribution in [3.8, 4) is 5.75 Å². The molecule has 5 nitrogen and oxygen atoms in total. The van der Waals surface area contributed by atoms with Gasteiger partial charge in [-0.25, -0.2) is 0 Å². The topological polar surface area (TPSA) is 54.9 Å². The molecule has 1 fully saturated rings. The van der Waals surface area contributed by atoms with Gasteiger partial charge in [-0.05, 0) is 62.1 Å². The van der Waals surface area contributed by atoms with Gasteiger partial charge in [0.15, 0.2) is 5.96 Å². The van der Waals surface area contributed by atoms with Gasteiger partial charge in [-0.15, -0.1) is 0 Å². The van der Waals surface area contributed by atoms with Crippen LogP contribution in [0.15, 0.2) is 29.3 Å². The molecule has 1 aliphatic rings. The SMILES string of the molecule is CCOCCC1(CNC(=NC)NC(C)c2ccc(OCC(C)C)cc2)CC1. The first-order chi connectivity index (χ1) is 13.0. The highest BCUT2D eigenvalue weighted by Crippen LogP contribution is 2.48. The van der Waals surface area contributed by atoms with E-state index in [-0.39, 0.29) is 6.04 Å². The number of ether oxygens (including phenoxy) is 2. The van der Waals surface area contributed by atoms with E-state index in [1.165, 1.54) is 18.4 Å². The fourth-order valence-corrected chi connectivity index (χ4v) is 2.99. The number of guanidine groups is 1. The third-order valence-electron chi connectivity index (χ3n) is 5.11. The summed E-state index contributed by atoms with van der Waals surface area (Å²) in [6.07, 6.45) is 3.67. The maximum absolute atomic E-state index is 5.76. The molecule has 1 atom stereocenters. The van der Waals surface area contributed by atoms with Gasteiger partial charge in [0.2, 0.25) is 0 Å². The van der Waals surface area contributed by atoms with Crippen LogP contribution >= 0.6 is 0 Å². The van der Waals surface area contributed by atoms with Crippen LogP contribution in [0.2, 0.25) is 0 Å². The molecule has 27 heavy (non-hydrogen) atoms. The van der Waals surface area contributed by atoms with Crippen LogP contribution in [-0.2, 0) is 4.74 Å². The second-order valence-electron chi connectivity index (χ2n) is 8.01. The summed E-state index contributed by atoms with van der Waals surface area (Å²) in [5.74, 6) is 2.31. The maximum Gasteiger partial charge on any atom is 0.191 e. The van der Waals surface area contributed by atoms with Crippen molar-refractivity contribution < 1.29 is 9.47 Å². The Balaban J connectivity index is 1.80. The number of benzene rings is 1. The molecule has 2 N–H and O–H groups in total. The van der Waals surface area contributed by atoms with Crippen LogP contribution in [0.5, 0.6) is 5.75 Å². The second kappa shape index (κ2) is 10.5. The van der Waals surface area contributed by atoms with Crippen LogP contribution in [0, 0.1) is 11.3 Å². The Kier molecular flexibility index (Phi) is 8.42. The first kappa shape index (κ1) is 21.5. The van der Waals surface area contributed by atoms with Crippen molar-refractivity contribution >= 4 is 5.96 Å². The second-order valence-corrected chi connectivity index (χ2v) is 8.01. The van der Waals surface area contributed by atoms with Crippen molar-refractivity contribution in [2.45, 2.75) is 53.0 Å². The van der Waals surface area contributed by atoms with E-state index >= 15 is 0 Å². The van der Waals surface area contributed by atoms with E-state index in [1.54, 1.807) is 0 Å². The average molecular weight is 376 g/mol.